The van der Waals surface area contributed by atoms with E-state index in [4.69, 9.17) is 11.1 Å². The van der Waals surface area contributed by atoms with Gasteiger partial charge in [-0.1, -0.05) is 13.8 Å². The lowest BCUT2D eigenvalue weighted by Gasteiger charge is -2.33. The van der Waals surface area contributed by atoms with E-state index >= 15 is 0 Å². The molecular formula is C20H23N9OS. The smallest absolute Gasteiger partial charge is 0.246 e. The molecule has 0 spiro atoms. The number of carbonyl (C=O) groups is 1. The second-order valence-electron chi connectivity index (χ2n) is 5.71. The molecule has 0 fully saturated rings. The monoisotopic (exact) mass is 437 g/mol. The van der Waals surface area contributed by atoms with Crippen LogP contribution in [0.5, 0.6) is 0 Å². The highest BCUT2D eigenvalue weighted by Crippen LogP contribution is 2.36. The van der Waals surface area contributed by atoms with E-state index in [1.807, 2.05) is 13.8 Å². The lowest BCUT2D eigenvalue weighted by atomic mass is 10.2. The minimum Gasteiger partial charge on any atom is -0.396 e. The number of terminal acetylenes is 1. The van der Waals surface area contributed by atoms with Gasteiger partial charge in [0.1, 0.15) is 17.2 Å². The van der Waals surface area contributed by atoms with E-state index in [0.717, 1.165) is 6.21 Å². The number of rotatable bonds is 4. The first-order valence-corrected chi connectivity index (χ1v) is 10.1. The number of aromatic nitrogens is 5. The first-order chi connectivity index (χ1) is 15.1. The first kappa shape index (κ1) is 23.2. The first-order valence-electron chi connectivity index (χ1n) is 9.24. The quantitative estimate of drug-likeness (QED) is 0.421. The van der Waals surface area contributed by atoms with Gasteiger partial charge in [-0.2, -0.15) is 5.10 Å². The zero-order chi connectivity index (χ0) is 23.0. The SMILES string of the molecule is C#C.CC.CN1C(=O)CN(c2cn[nH]c2)c2nc(/C(C=N)=C(/N)c3nccs3)ncc21. The van der Waals surface area contributed by atoms with E-state index in [9.17, 15) is 4.79 Å². The molecule has 4 heterocycles. The molecule has 0 aliphatic carbocycles. The van der Waals surface area contributed by atoms with E-state index < -0.39 is 0 Å². The van der Waals surface area contributed by atoms with Crippen LogP contribution >= 0.6 is 11.3 Å². The predicted molar refractivity (Wildman–Crippen MR) is 124 cm³/mol. The fourth-order valence-corrected chi connectivity index (χ4v) is 3.33. The average Bonchev–Trinajstić information content (AvgIpc) is 3.54. The summed E-state index contributed by atoms with van der Waals surface area (Å²) < 4.78 is 0. The number of carbonyl (C=O) groups excluding carboxylic acids is 1. The average molecular weight is 438 g/mol. The number of anilines is 3. The van der Waals surface area contributed by atoms with E-state index in [1.54, 1.807) is 42.1 Å². The van der Waals surface area contributed by atoms with Crippen molar-refractivity contribution in [2.75, 3.05) is 23.4 Å². The molecule has 11 heteroatoms. The van der Waals surface area contributed by atoms with E-state index in [1.165, 1.54) is 16.2 Å². The Morgan fingerprint density at radius 3 is 2.65 bits per heavy atom. The van der Waals surface area contributed by atoms with Crippen LogP contribution in [0, 0.1) is 18.3 Å². The number of hydrogen-bond donors (Lipinski definition) is 3. The molecule has 160 valence electrons. The van der Waals surface area contributed by atoms with Gasteiger partial charge in [0.05, 0.1) is 29.4 Å². The Bertz CT molecular complexity index is 1070. The standard InChI is InChI=1S/C16H15N9OS.C2H6.C2H2/c1-24-11-7-20-14(10(4-17)13(18)16-19-2-3-27-16)23-15(11)25(8-12(24)26)9-5-21-22-6-9;2*1-2/h2-7,17H,8,18H2,1H3,(H,21,22);1-2H3;1-2H/b13-10+,17-4?;;. The zero-order valence-electron chi connectivity index (χ0n) is 17.4. The maximum atomic E-state index is 12.3. The molecule has 4 N–H and O–H groups in total. The lowest BCUT2D eigenvalue weighted by molar-refractivity contribution is -0.117. The molecule has 1 amide bonds. The number of hydrogen-bond acceptors (Lipinski definition) is 9. The molecule has 0 saturated heterocycles. The minimum atomic E-state index is -0.0924. The Balaban J connectivity index is 0.000000807. The Labute approximate surface area is 184 Å². The molecule has 4 rings (SSSR count). The van der Waals surface area contributed by atoms with Crippen LogP contribution in [0.25, 0.3) is 11.3 Å². The fraction of sp³-hybridized carbons (Fsp3) is 0.200. The predicted octanol–water partition coefficient (Wildman–Crippen LogP) is 2.52. The van der Waals surface area contributed by atoms with Crippen LogP contribution in [0.3, 0.4) is 0 Å². The highest BCUT2D eigenvalue weighted by molar-refractivity contribution is 7.10. The number of nitrogens with zero attached hydrogens (tertiary/aromatic N) is 6. The van der Waals surface area contributed by atoms with Crippen molar-refractivity contribution in [1.82, 2.24) is 25.1 Å². The summed E-state index contributed by atoms with van der Waals surface area (Å²) in [5.41, 5.74) is 8.14. The van der Waals surface area contributed by atoms with Crippen LogP contribution in [0.2, 0.25) is 0 Å². The van der Waals surface area contributed by atoms with Crippen molar-refractivity contribution < 1.29 is 4.79 Å². The molecule has 0 unspecified atom stereocenters. The molecule has 1 aliphatic heterocycles. The topological polar surface area (TPSA) is 141 Å². The number of fused-ring (bicyclic) bond motifs is 1. The van der Waals surface area contributed by atoms with Crippen molar-refractivity contribution in [2.24, 2.45) is 5.73 Å². The van der Waals surface area contributed by atoms with Gasteiger partial charge in [0.2, 0.25) is 5.91 Å². The Kier molecular flexibility index (Phi) is 7.99. The second kappa shape index (κ2) is 10.7. The van der Waals surface area contributed by atoms with Gasteiger partial charge in [-0.25, -0.2) is 15.0 Å². The zero-order valence-corrected chi connectivity index (χ0v) is 18.2. The van der Waals surface area contributed by atoms with Gasteiger partial charge in [-0.3, -0.25) is 9.89 Å². The van der Waals surface area contributed by atoms with Crippen LogP contribution in [0.15, 0.2) is 30.2 Å². The summed E-state index contributed by atoms with van der Waals surface area (Å²) >= 11 is 1.37. The number of nitrogens with two attached hydrogens (primary N) is 1. The van der Waals surface area contributed by atoms with E-state index in [2.05, 4.69) is 38.0 Å². The highest BCUT2D eigenvalue weighted by atomic mass is 32.1. The fourth-order valence-electron chi connectivity index (χ4n) is 2.72. The Morgan fingerprint density at radius 1 is 1.32 bits per heavy atom. The van der Waals surface area contributed by atoms with Crippen LogP contribution in [0.1, 0.15) is 24.7 Å². The number of amides is 1. The number of allylic oxidation sites excluding steroid dienone is 1. The summed E-state index contributed by atoms with van der Waals surface area (Å²) in [6.07, 6.45) is 15.6. The number of H-pyrrole nitrogens is 1. The maximum Gasteiger partial charge on any atom is 0.246 e. The molecule has 31 heavy (non-hydrogen) atoms. The Morgan fingerprint density at radius 2 is 2.06 bits per heavy atom. The number of thiazole rings is 1. The van der Waals surface area contributed by atoms with Crippen LogP contribution in [-0.4, -0.2) is 50.9 Å². The van der Waals surface area contributed by atoms with Gasteiger partial charge in [0.15, 0.2) is 11.6 Å². The van der Waals surface area contributed by atoms with Crippen LogP contribution in [0.4, 0.5) is 17.2 Å². The Hall–Kier alpha value is -4.04. The number of likely N-dealkylation sites (N-methyl/N-ethyl adjacent to an activating group) is 1. The molecule has 0 bridgehead atoms. The van der Waals surface area contributed by atoms with Crippen LogP contribution < -0.4 is 15.5 Å². The lowest BCUT2D eigenvalue weighted by Crippen LogP contribution is -2.42. The van der Waals surface area contributed by atoms with Gasteiger partial charge >= 0.3 is 0 Å². The number of nitrogens with one attached hydrogen (secondary N) is 2. The summed E-state index contributed by atoms with van der Waals surface area (Å²) in [6, 6.07) is 0. The minimum absolute atomic E-state index is 0.0924. The summed E-state index contributed by atoms with van der Waals surface area (Å²) in [6.45, 7) is 4.12. The third-order valence-electron chi connectivity index (χ3n) is 4.17. The summed E-state index contributed by atoms with van der Waals surface area (Å²) in [4.78, 5) is 28.7. The highest BCUT2D eigenvalue weighted by Gasteiger charge is 2.30. The third-order valence-corrected chi connectivity index (χ3v) is 4.97. The molecular weight excluding hydrogens is 414 g/mol. The van der Waals surface area contributed by atoms with Gasteiger partial charge in [0, 0.05) is 31.0 Å². The van der Waals surface area contributed by atoms with Gasteiger partial charge in [0.25, 0.3) is 0 Å². The van der Waals surface area contributed by atoms with Crippen molar-refractivity contribution in [3.63, 3.8) is 0 Å². The number of aromatic amines is 1. The maximum absolute atomic E-state index is 12.3. The molecule has 0 radical (unpaired) electrons. The molecule has 0 atom stereocenters. The van der Waals surface area contributed by atoms with E-state index in [0.29, 0.717) is 33.5 Å². The largest absolute Gasteiger partial charge is 0.396 e. The molecule has 10 nitrogen and oxygen atoms in total. The van der Waals surface area contributed by atoms with Gasteiger partial charge in [-0.15, -0.1) is 24.2 Å². The van der Waals surface area contributed by atoms with Crippen molar-refractivity contribution >= 4 is 51.9 Å². The third kappa shape index (κ3) is 4.59. The van der Waals surface area contributed by atoms with Crippen molar-refractivity contribution in [1.29, 1.82) is 5.41 Å². The van der Waals surface area contributed by atoms with Gasteiger partial charge in [-0.05, 0) is 0 Å². The molecule has 0 aromatic carbocycles. The van der Waals surface area contributed by atoms with Gasteiger partial charge < -0.3 is 20.9 Å². The molecule has 0 saturated carbocycles. The molecule has 1 aliphatic rings. The normalized spacial score (nSPS) is 13.1. The van der Waals surface area contributed by atoms with Crippen molar-refractivity contribution in [2.45, 2.75) is 13.8 Å². The second-order valence-corrected chi connectivity index (χ2v) is 6.60. The summed E-state index contributed by atoms with van der Waals surface area (Å²) in [5, 5.41) is 16.8. The molecule has 3 aromatic rings. The van der Waals surface area contributed by atoms with Crippen molar-refractivity contribution in [3.8, 4) is 12.8 Å². The molecule has 3 aromatic heterocycles. The van der Waals surface area contributed by atoms with E-state index in [-0.39, 0.29) is 18.3 Å². The summed E-state index contributed by atoms with van der Waals surface area (Å²) in [7, 11) is 1.67. The summed E-state index contributed by atoms with van der Waals surface area (Å²) in [5.74, 6) is 0.729. The van der Waals surface area contributed by atoms with Crippen molar-refractivity contribution in [3.05, 3.63) is 41.0 Å². The van der Waals surface area contributed by atoms with Crippen LogP contribution in [-0.2, 0) is 4.79 Å².